The highest BCUT2D eigenvalue weighted by atomic mass is 35.5. The molecule has 3 nitrogen and oxygen atoms in total. The summed E-state index contributed by atoms with van der Waals surface area (Å²) < 4.78 is 0. The summed E-state index contributed by atoms with van der Waals surface area (Å²) >= 11 is 11.7. The number of aromatic hydroxyl groups is 1. The minimum absolute atomic E-state index is 0.117. The van der Waals surface area contributed by atoms with Crippen molar-refractivity contribution in [1.29, 1.82) is 0 Å². The van der Waals surface area contributed by atoms with Crippen LogP contribution >= 0.6 is 23.2 Å². The molecule has 2 N–H and O–H groups in total. The van der Waals surface area contributed by atoms with Crippen molar-refractivity contribution in [3.05, 3.63) is 64.7 Å². The Morgan fingerprint density at radius 2 is 1.90 bits per heavy atom. The quantitative estimate of drug-likeness (QED) is 0.845. The molecule has 0 heterocycles. The van der Waals surface area contributed by atoms with Gasteiger partial charge in [0.15, 0.2) is 0 Å². The minimum atomic E-state index is -0.417. The Balaban J connectivity index is 2.20. The molecule has 0 fully saturated rings. The molecule has 104 valence electrons. The molecule has 1 unspecified atom stereocenters. The smallest absolute Gasteiger partial charge is 0.255 e. The van der Waals surface area contributed by atoms with Gasteiger partial charge in [-0.15, -0.1) is 11.6 Å². The van der Waals surface area contributed by atoms with E-state index < -0.39 is 5.91 Å². The zero-order valence-corrected chi connectivity index (χ0v) is 12.0. The molecule has 5 heteroatoms. The maximum atomic E-state index is 12.2. The fourth-order valence-electron chi connectivity index (χ4n) is 1.82. The Kier molecular flexibility index (Phi) is 4.88. The first-order chi connectivity index (χ1) is 9.61. The van der Waals surface area contributed by atoms with E-state index in [9.17, 15) is 9.90 Å². The highest BCUT2D eigenvalue weighted by Gasteiger charge is 2.17. The van der Waals surface area contributed by atoms with Crippen LogP contribution in [0.2, 0.25) is 5.02 Å². The second kappa shape index (κ2) is 6.64. The van der Waals surface area contributed by atoms with Crippen LogP contribution in [0.1, 0.15) is 22.0 Å². The van der Waals surface area contributed by atoms with Gasteiger partial charge in [-0.25, -0.2) is 0 Å². The molecule has 0 bridgehead atoms. The number of alkyl halides is 1. The zero-order chi connectivity index (χ0) is 14.5. The molecule has 2 aromatic rings. The topological polar surface area (TPSA) is 49.3 Å². The first-order valence-corrected chi connectivity index (χ1v) is 6.93. The summed E-state index contributed by atoms with van der Waals surface area (Å²) in [5.41, 5.74) is 1.03. The van der Waals surface area contributed by atoms with Gasteiger partial charge in [0, 0.05) is 10.9 Å². The Bertz CT molecular complexity index is 602. The van der Waals surface area contributed by atoms with Gasteiger partial charge in [0.25, 0.3) is 5.91 Å². The summed E-state index contributed by atoms with van der Waals surface area (Å²) in [4.78, 5) is 12.2. The number of phenolic OH excluding ortho intramolecular Hbond substituents is 1. The molecule has 0 aliphatic rings. The van der Waals surface area contributed by atoms with Crippen LogP contribution in [0.25, 0.3) is 0 Å². The van der Waals surface area contributed by atoms with Crippen molar-refractivity contribution in [2.75, 3.05) is 5.88 Å². The van der Waals surface area contributed by atoms with Gasteiger partial charge in [0.05, 0.1) is 11.6 Å². The summed E-state index contributed by atoms with van der Waals surface area (Å²) in [5.74, 6) is -0.301. The SMILES string of the molecule is O=C(NC(CCl)c1ccccc1)c1cc(Cl)ccc1O. The number of nitrogens with one attached hydrogen (secondary N) is 1. The summed E-state index contributed by atoms with van der Waals surface area (Å²) in [5, 5.41) is 12.9. The molecule has 2 rings (SSSR count). The van der Waals surface area contributed by atoms with Gasteiger partial charge in [-0.1, -0.05) is 41.9 Å². The molecule has 0 aliphatic carbocycles. The van der Waals surface area contributed by atoms with Gasteiger partial charge in [0.2, 0.25) is 0 Å². The lowest BCUT2D eigenvalue weighted by molar-refractivity contribution is 0.0937. The van der Waals surface area contributed by atoms with Crippen LogP contribution in [0.5, 0.6) is 5.75 Å². The third-order valence-electron chi connectivity index (χ3n) is 2.86. The number of carbonyl (C=O) groups is 1. The Morgan fingerprint density at radius 1 is 1.20 bits per heavy atom. The number of rotatable bonds is 4. The molecule has 0 spiro atoms. The minimum Gasteiger partial charge on any atom is -0.507 e. The molecule has 0 radical (unpaired) electrons. The lowest BCUT2D eigenvalue weighted by Crippen LogP contribution is -2.29. The second-order valence-electron chi connectivity index (χ2n) is 4.25. The van der Waals surface area contributed by atoms with Crippen LogP contribution in [0.3, 0.4) is 0 Å². The van der Waals surface area contributed by atoms with Gasteiger partial charge >= 0.3 is 0 Å². The molecule has 0 aromatic heterocycles. The summed E-state index contributed by atoms with van der Waals surface area (Å²) in [6, 6.07) is 13.4. The van der Waals surface area contributed by atoms with Crippen molar-refractivity contribution in [2.45, 2.75) is 6.04 Å². The zero-order valence-electron chi connectivity index (χ0n) is 10.5. The molecule has 0 saturated carbocycles. The number of hydrogen-bond donors (Lipinski definition) is 2. The molecule has 0 aliphatic heterocycles. The van der Waals surface area contributed by atoms with Crippen molar-refractivity contribution < 1.29 is 9.90 Å². The van der Waals surface area contributed by atoms with Crippen LogP contribution in [0.15, 0.2) is 48.5 Å². The van der Waals surface area contributed by atoms with E-state index in [0.717, 1.165) is 5.56 Å². The summed E-state index contributed by atoms with van der Waals surface area (Å²) in [6.07, 6.45) is 0. The lowest BCUT2D eigenvalue weighted by atomic mass is 10.1. The molecule has 1 atom stereocenters. The molecular formula is C15H13Cl2NO2. The standard InChI is InChI=1S/C15H13Cl2NO2/c16-9-13(10-4-2-1-3-5-10)18-15(20)12-8-11(17)6-7-14(12)19/h1-8,13,19H,9H2,(H,18,20). The first-order valence-electron chi connectivity index (χ1n) is 6.02. The third-order valence-corrected chi connectivity index (χ3v) is 3.41. The molecule has 0 saturated heterocycles. The van der Waals surface area contributed by atoms with E-state index >= 15 is 0 Å². The number of benzene rings is 2. The maximum absolute atomic E-state index is 12.2. The predicted octanol–water partition coefficient (Wildman–Crippen LogP) is 3.76. The normalized spacial score (nSPS) is 11.9. The molecule has 2 aromatic carbocycles. The second-order valence-corrected chi connectivity index (χ2v) is 5.00. The third kappa shape index (κ3) is 3.44. The average Bonchev–Trinajstić information content (AvgIpc) is 2.48. The van der Waals surface area contributed by atoms with Crippen LogP contribution in [0.4, 0.5) is 0 Å². The average molecular weight is 310 g/mol. The monoisotopic (exact) mass is 309 g/mol. The van der Waals surface area contributed by atoms with Gasteiger partial charge in [0.1, 0.15) is 5.75 Å². The number of halogens is 2. The van der Waals surface area contributed by atoms with Gasteiger partial charge in [-0.3, -0.25) is 4.79 Å². The maximum Gasteiger partial charge on any atom is 0.255 e. The fourth-order valence-corrected chi connectivity index (χ4v) is 2.25. The van der Waals surface area contributed by atoms with Crippen LogP contribution in [0, 0.1) is 0 Å². The van der Waals surface area contributed by atoms with Gasteiger partial charge in [-0.2, -0.15) is 0 Å². The van der Waals surface area contributed by atoms with Crippen molar-refractivity contribution in [1.82, 2.24) is 5.32 Å². The van der Waals surface area contributed by atoms with Crippen molar-refractivity contribution in [2.24, 2.45) is 0 Å². The number of carbonyl (C=O) groups excluding carboxylic acids is 1. The summed E-state index contributed by atoms with van der Waals surface area (Å²) in [6.45, 7) is 0. The molecular weight excluding hydrogens is 297 g/mol. The Hall–Kier alpha value is -1.71. The first kappa shape index (κ1) is 14.7. The van der Waals surface area contributed by atoms with Gasteiger partial charge in [-0.05, 0) is 23.8 Å². The Morgan fingerprint density at radius 3 is 2.55 bits per heavy atom. The van der Waals surface area contributed by atoms with E-state index in [1.54, 1.807) is 0 Å². The lowest BCUT2D eigenvalue weighted by Gasteiger charge is -2.17. The van der Waals surface area contributed by atoms with Gasteiger partial charge < -0.3 is 10.4 Å². The van der Waals surface area contributed by atoms with Crippen molar-refractivity contribution >= 4 is 29.1 Å². The number of hydrogen-bond acceptors (Lipinski definition) is 2. The number of phenols is 1. The molecule has 1 amide bonds. The van der Waals surface area contributed by atoms with Crippen molar-refractivity contribution in [3.8, 4) is 5.75 Å². The van der Waals surface area contributed by atoms with E-state index in [-0.39, 0.29) is 23.2 Å². The van der Waals surface area contributed by atoms with Crippen molar-refractivity contribution in [3.63, 3.8) is 0 Å². The van der Waals surface area contributed by atoms with E-state index in [1.807, 2.05) is 30.3 Å². The predicted molar refractivity (Wildman–Crippen MR) is 80.5 cm³/mol. The largest absolute Gasteiger partial charge is 0.507 e. The van der Waals surface area contributed by atoms with Crippen LogP contribution in [-0.4, -0.2) is 16.9 Å². The fraction of sp³-hybridized carbons (Fsp3) is 0.133. The Labute approximate surface area is 127 Å². The highest BCUT2D eigenvalue weighted by molar-refractivity contribution is 6.31. The van der Waals surface area contributed by atoms with E-state index in [1.165, 1.54) is 18.2 Å². The van der Waals surface area contributed by atoms with Crippen LogP contribution < -0.4 is 5.32 Å². The van der Waals surface area contributed by atoms with E-state index in [0.29, 0.717) is 5.02 Å². The number of amides is 1. The van der Waals surface area contributed by atoms with E-state index in [4.69, 9.17) is 23.2 Å². The highest BCUT2D eigenvalue weighted by Crippen LogP contribution is 2.23. The van der Waals surface area contributed by atoms with E-state index in [2.05, 4.69) is 5.32 Å². The molecule has 20 heavy (non-hydrogen) atoms. The summed E-state index contributed by atoms with van der Waals surface area (Å²) in [7, 11) is 0. The van der Waals surface area contributed by atoms with Crippen LogP contribution in [-0.2, 0) is 0 Å².